The molecule has 1 N–H and O–H groups in total. The van der Waals surface area contributed by atoms with E-state index in [4.69, 9.17) is 0 Å². The average Bonchev–Trinajstić information content (AvgIpc) is 3.24. The second-order valence-electron chi connectivity index (χ2n) is 5.71. The maximum absolute atomic E-state index is 12.5. The van der Waals surface area contributed by atoms with Crippen LogP contribution in [0.3, 0.4) is 0 Å². The molecule has 0 bridgehead atoms. The quantitative estimate of drug-likeness (QED) is 0.739. The Hall–Kier alpha value is -2.40. The number of nitrogens with zero attached hydrogens (tertiary/aromatic N) is 2. The highest BCUT2D eigenvalue weighted by Crippen LogP contribution is 2.25. The van der Waals surface area contributed by atoms with Crippen LogP contribution in [0.25, 0.3) is 10.6 Å². The van der Waals surface area contributed by atoms with Crippen molar-refractivity contribution in [2.75, 3.05) is 0 Å². The first-order valence-corrected chi connectivity index (χ1v) is 8.96. The van der Waals surface area contributed by atoms with E-state index in [-0.39, 0.29) is 11.8 Å². The van der Waals surface area contributed by atoms with Crippen LogP contribution in [0.2, 0.25) is 0 Å². The summed E-state index contributed by atoms with van der Waals surface area (Å²) in [6.45, 7) is 2.48. The molecule has 0 aliphatic heterocycles. The second kappa shape index (κ2) is 7.45. The van der Waals surface area contributed by atoms with Gasteiger partial charge in [-0.2, -0.15) is 5.10 Å². The third-order valence-electron chi connectivity index (χ3n) is 4.07. The van der Waals surface area contributed by atoms with Gasteiger partial charge in [-0.3, -0.25) is 9.48 Å². The maximum atomic E-state index is 12.5. The van der Waals surface area contributed by atoms with Crippen molar-refractivity contribution >= 4 is 17.2 Å². The number of nitrogens with one attached hydrogen (secondary N) is 1. The topological polar surface area (TPSA) is 46.9 Å². The SMILES string of the molecule is CC[C@@H](C(=O)NCc1cc(-c2cccs2)n(C)n1)c1ccccc1. The Kier molecular flexibility index (Phi) is 5.11. The standard InChI is InChI=1S/C19H21N3OS/c1-3-16(14-8-5-4-6-9-14)19(23)20-13-15-12-17(22(2)21-15)18-10-7-11-24-18/h4-12,16H,3,13H2,1-2H3,(H,20,23)/t16-/m1/s1. The number of amides is 1. The Morgan fingerprint density at radius 3 is 2.71 bits per heavy atom. The van der Waals surface area contributed by atoms with Crippen LogP contribution in [0.1, 0.15) is 30.5 Å². The molecule has 0 aliphatic rings. The molecule has 3 aromatic rings. The van der Waals surface area contributed by atoms with Gasteiger partial charge in [0.2, 0.25) is 5.91 Å². The molecule has 0 unspecified atom stereocenters. The summed E-state index contributed by atoms with van der Waals surface area (Å²) in [4.78, 5) is 13.7. The highest BCUT2D eigenvalue weighted by Gasteiger charge is 2.18. The molecule has 5 heteroatoms. The molecular weight excluding hydrogens is 318 g/mol. The third-order valence-corrected chi connectivity index (χ3v) is 4.97. The van der Waals surface area contributed by atoms with Crippen LogP contribution in [0.5, 0.6) is 0 Å². The lowest BCUT2D eigenvalue weighted by Crippen LogP contribution is -2.28. The van der Waals surface area contributed by atoms with Gasteiger partial charge in [0.15, 0.2) is 0 Å². The molecule has 1 aromatic carbocycles. The summed E-state index contributed by atoms with van der Waals surface area (Å²) in [5.41, 5.74) is 3.00. The highest BCUT2D eigenvalue weighted by molar-refractivity contribution is 7.13. The van der Waals surface area contributed by atoms with E-state index >= 15 is 0 Å². The number of carbonyl (C=O) groups excluding carboxylic acids is 1. The molecule has 1 atom stereocenters. The predicted molar refractivity (Wildman–Crippen MR) is 97.8 cm³/mol. The predicted octanol–water partition coefficient (Wildman–Crippen LogP) is 3.96. The van der Waals surface area contributed by atoms with Gasteiger partial charge in [-0.25, -0.2) is 0 Å². The summed E-state index contributed by atoms with van der Waals surface area (Å²) < 4.78 is 1.86. The third kappa shape index (κ3) is 3.57. The van der Waals surface area contributed by atoms with Gasteiger partial charge in [-0.1, -0.05) is 43.3 Å². The average molecular weight is 339 g/mol. The number of hydrogen-bond acceptors (Lipinski definition) is 3. The highest BCUT2D eigenvalue weighted by atomic mass is 32.1. The van der Waals surface area contributed by atoms with E-state index in [0.29, 0.717) is 6.54 Å². The molecule has 3 rings (SSSR count). The summed E-state index contributed by atoms with van der Waals surface area (Å²) in [6.07, 6.45) is 0.776. The number of thiophene rings is 1. The van der Waals surface area contributed by atoms with Gasteiger partial charge in [0.1, 0.15) is 0 Å². The van der Waals surface area contributed by atoms with Gasteiger partial charge >= 0.3 is 0 Å². The zero-order valence-electron chi connectivity index (χ0n) is 13.9. The Balaban J connectivity index is 1.67. The van der Waals surface area contributed by atoms with Gasteiger partial charge in [0, 0.05) is 7.05 Å². The second-order valence-corrected chi connectivity index (χ2v) is 6.66. The molecule has 0 radical (unpaired) electrons. The minimum atomic E-state index is -0.119. The molecule has 24 heavy (non-hydrogen) atoms. The molecule has 0 spiro atoms. The van der Waals surface area contributed by atoms with Crippen LogP contribution in [0.4, 0.5) is 0 Å². The number of hydrogen-bond donors (Lipinski definition) is 1. The van der Waals surface area contributed by atoms with E-state index in [1.807, 2.05) is 61.1 Å². The zero-order valence-corrected chi connectivity index (χ0v) is 14.7. The Bertz CT molecular complexity index is 793. The fraction of sp³-hybridized carbons (Fsp3) is 0.263. The van der Waals surface area contributed by atoms with Gasteiger partial charge in [0.25, 0.3) is 0 Å². The van der Waals surface area contributed by atoms with E-state index in [0.717, 1.165) is 23.4 Å². The fourth-order valence-corrected chi connectivity index (χ4v) is 3.60. The molecule has 124 valence electrons. The number of rotatable bonds is 6. The van der Waals surface area contributed by atoms with Crippen LogP contribution in [-0.2, 0) is 18.4 Å². The minimum Gasteiger partial charge on any atom is -0.350 e. The number of aryl methyl sites for hydroxylation is 1. The van der Waals surface area contributed by atoms with Crippen molar-refractivity contribution in [3.8, 4) is 10.6 Å². The molecule has 0 aliphatic carbocycles. The molecular formula is C19H21N3OS. The number of carbonyl (C=O) groups is 1. The van der Waals surface area contributed by atoms with Crippen molar-refractivity contribution < 1.29 is 4.79 Å². The first kappa shape index (κ1) is 16.5. The number of aromatic nitrogens is 2. The van der Waals surface area contributed by atoms with Crippen LogP contribution in [0.15, 0.2) is 53.9 Å². The maximum Gasteiger partial charge on any atom is 0.227 e. The van der Waals surface area contributed by atoms with Crippen molar-refractivity contribution in [3.63, 3.8) is 0 Å². The van der Waals surface area contributed by atoms with Crippen molar-refractivity contribution in [1.82, 2.24) is 15.1 Å². The van der Waals surface area contributed by atoms with Crippen LogP contribution < -0.4 is 5.32 Å². The van der Waals surface area contributed by atoms with E-state index in [2.05, 4.69) is 21.9 Å². The summed E-state index contributed by atoms with van der Waals surface area (Å²) >= 11 is 1.69. The number of benzene rings is 1. The van der Waals surface area contributed by atoms with E-state index in [1.54, 1.807) is 11.3 Å². The van der Waals surface area contributed by atoms with E-state index in [1.165, 1.54) is 4.88 Å². The molecule has 2 aromatic heterocycles. The zero-order chi connectivity index (χ0) is 16.9. The Labute approximate surface area is 146 Å². The summed E-state index contributed by atoms with van der Waals surface area (Å²) in [6, 6.07) is 16.1. The van der Waals surface area contributed by atoms with Crippen molar-refractivity contribution in [3.05, 3.63) is 65.2 Å². The Morgan fingerprint density at radius 1 is 1.25 bits per heavy atom. The van der Waals surface area contributed by atoms with Gasteiger partial charge in [-0.05, 0) is 29.5 Å². The van der Waals surface area contributed by atoms with Crippen molar-refractivity contribution in [2.45, 2.75) is 25.8 Å². The first-order chi connectivity index (χ1) is 11.7. The van der Waals surface area contributed by atoms with Crippen LogP contribution >= 0.6 is 11.3 Å². The summed E-state index contributed by atoms with van der Waals surface area (Å²) in [5.74, 6) is -0.0706. The molecule has 0 fully saturated rings. The van der Waals surface area contributed by atoms with Gasteiger partial charge in [-0.15, -0.1) is 11.3 Å². The Morgan fingerprint density at radius 2 is 2.04 bits per heavy atom. The lowest BCUT2D eigenvalue weighted by molar-refractivity contribution is -0.122. The monoisotopic (exact) mass is 339 g/mol. The van der Waals surface area contributed by atoms with Crippen molar-refractivity contribution in [2.24, 2.45) is 7.05 Å². The molecule has 0 saturated heterocycles. The lowest BCUT2D eigenvalue weighted by Gasteiger charge is -2.14. The normalized spacial score (nSPS) is 12.1. The fourth-order valence-electron chi connectivity index (χ4n) is 2.83. The molecule has 0 saturated carbocycles. The first-order valence-electron chi connectivity index (χ1n) is 8.08. The largest absolute Gasteiger partial charge is 0.350 e. The van der Waals surface area contributed by atoms with Gasteiger partial charge < -0.3 is 5.32 Å². The smallest absolute Gasteiger partial charge is 0.227 e. The van der Waals surface area contributed by atoms with E-state index < -0.39 is 0 Å². The summed E-state index contributed by atoms with van der Waals surface area (Å²) in [7, 11) is 1.93. The minimum absolute atomic E-state index is 0.0482. The lowest BCUT2D eigenvalue weighted by atomic mass is 9.96. The van der Waals surface area contributed by atoms with Crippen LogP contribution in [0, 0.1) is 0 Å². The molecule has 4 nitrogen and oxygen atoms in total. The molecule has 1 amide bonds. The van der Waals surface area contributed by atoms with Crippen LogP contribution in [-0.4, -0.2) is 15.7 Å². The molecule has 2 heterocycles. The summed E-state index contributed by atoms with van der Waals surface area (Å²) in [5, 5.41) is 9.58. The van der Waals surface area contributed by atoms with Crippen molar-refractivity contribution in [1.29, 1.82) is 0 Å². The van der Waals surface area contributed by atoms with Gasteiger partial charge in [0.05, 0.1) is 28.7 Å². The van der Waals surface area contributed by atoms with E-state index in [9.17, 15) is 4.79 Å².